The van der Waals surface area contributed by atoms with Gasteiger partial charge < -0.3 is 19.9 Å². The van der Waals surface area contributed by atoms with Crippen LogP contribution in [-0.2, 0) is 9.53 Å². The van der Waals surface area contributed by atoms with Crippen LogP contribution in [0.5, 0.6) is 0 Å². The van der Waals surface area contributed by atoms with E-state index in [-0.39, 0.29) is 30.5 Å². The molecule has 122 valence electrons. The summed E-state index contributed by atoms with van der Waals surface area (Å²) in [6.07, 6.45) is -0.339. The van der Waals surface area contributed by atoms with Gasteiger partial charge in [0.15, 0.2) is 0 Å². The Balaban J connectivity index is 0.00000176. The van der Waals surface area contributed by atoms with Crippen LogP contribution < -0.4 is 5.32 Å². The molecule has 2 unspecified atom stereocenters. The van der Waals surface area contributed by atoms with Gasteiger partial charge in [-0.1, -0.05) is 30.3 Å². The molecular formula is C16H24ClN3O2. The van der Waals surface area contributed by atoms with Crippen LogP contribution in [0.1, 0.15) is 11.6 Å². The molecule has 2 fully saturated rings. The number of nitrogens with zero attached hydrogens (tertiary/aromatic N) is 2. The minimum atomic E-state index is -0.339. The lowest BCUT2D eigenvalue weighted by Gasteiger charge is -2.42. The lowest BCUT2D eigenvalue weighted by Crippen LogP contribution is -2.55. The van der Waals surface area contributed by atoms with Crippen molar-refractivity contribution in [2.45, 2.75) is 12.1 Å². The molecule has 5 nitrogen and oxygen atoms in total. The van der Waals surface area contributed by atoms with Crippen molar-refractivity contribution in [1.82, 2.24) is 15.1 Å². The van der Waals surface area contributed by atoms with E-state index in [1.54, 1.807) is 0 Å². The van der Waals surface area contributed by atoms with Crippen LogP contribution >= 0.6 is 12.4 Å². The van der Waals surface area contributed by atoms with E-state index in [1.807, 2.05) is 23.1 Å². The first-order valence-corrected chi connectivity index (χ1v) is 7.62. The number of likely N-dealkylation sites (N-methyl/N-ethyl adjacent to an activating group) is 1. The number of rotatable bonds is 2. The van der Waals surface area contributed by atoms with Crippen LogP contribution in [0.3, 0.4) is 0 Å². The first-order valence-electron chi connectivity index (χ1n) is 7.62. The topological polar surface area (TPSA) is 44.8 Å². The SMILES string of the molecule is CN1CCN(C(=O)C2CNCCO2)C(c2ccccc2)C1.Cl. The smallest absolute Gasteiger partial charge is 0.253 e. The molecule has 1 amide bonds. The number of halogens is 1. The lowest BCUT2D eigenvalue weighted by molar-refractivity contribution is -0.150. The largest absolute Gasteiger partial charge is 0.366 e. The van der Waals surface area contributed by atoms with Crippen molar-refractivity contribution >= 4 is 18.3 Å². The van der Waals surface area contributed by atoms with Crippen molar-refractivity contribution in [3.05, 3.63) is 35.9 Å². The second-order valence-electron chi connectivity index (χ2n) is 5.78. The van der Waals surface area contributed by atoms with Gasteiger partial charge in [0, 0.05) is 32.7 Å². The maximum absolute atomic E-state index is 12.8. The Morgan fingerprint density at radius 1 is 1.27 bits per heavy atom. The van der Waals surface area contributed by atoms with E-state index in [9.17, 15) is 4.79 Å². The summed E-state index contributed by atoms with van der Waals surface area (Å²) in [5.74, 6) is 0.115. The highest BCUT2D eigenvalue weighted by Crippen LogP contribution is 2.26. The zero-order valence-electron chi connectivity index (χ0n) is 12.9. The molecule has 2 atom stereocenters. The summed E-state index contributed by atoms with van der Waals surface area (Å²) in [5, 5.41) is 3.24. The van der Waals surface area contributed by atoms with Gasteiger partial charge in [-0.2, -0.15) is 0 Å². The summed E-state index contributed by atoms with van der Waals surface area (Å²) in [4.78, 5) is 17.1. The Labute approximate surface area is 138 Å². The van der Waals surface area contributed by atoms with Crippen molar-refractivity contribution in [2.24, 2.45) is 0 Å². The maximum Gasteiger partial charge on any atom is 0.253 e. The van der Waals surface area contributed by atoms with E-state index >= 15 is 0 Å². The number of ether oxygens (including phenoxy) is 1. The molecule has 1 N–H and O–H groups in total. The van der Waals surface area contributed by atoms with Gasteiger partial charge in [-0.3, -0.25) is 4.79 Å². The predicted octanol–water partition coefficient (Wildman–Crippen LogP) is 0.912. The highest BCUT2D eigenvalue weighted by molar-refractivity contribution is 5.85. The van der Waals surface area contributed by atoms with Crippen molar-refractivity contribution in [3.8, 4) is 0 Å². The number of nitrogens with one attached hydrogen (secondary N) is 1. The van der Waals surface area contributed by atoms with E-state index in [4.69, 9.17) is 4.74 Å². The van der Waals surface area contributed by atoms with Crippen LogP contribution in [0.15, 0.2) is 30.3 Å². The molecule has 0 aromatic heterocycles. The summed E-state index contributed by atoms with van der Waals surface area (Å²) in [6, 6.07) is 10.4. The molecule has 0 aliphatic carbocycles. The van der Waals surface area contributed by atoms with Gasteiger partial charge >= 0.3 is 0 Å². The Morgan fingerprint density at radius 2 is 2.05 bits per heavy atom. The second-order valence-corrected chi connectivity index (χ2v) is 5.78. The number of hydrogen-bond acceptors (Lipinski definition) is 4. The van der Waals surface area contributed by atoms with Crippen molar-refractivity contribution < 1.29 is 9.53 Å². The molecule has 0 radical (unpaired) electrons. The van der Waals surface area contributed by atoms with Crippen LogP contribution in [0, 0.1) is 0 Å². The third-order valence-corrected chi connectivity index (χ3v) is 4.25. The first kappa shape index (κ1) is 17.2. The molecule has 1 aromatic carbocycles. The molecule has 2 aliphatic heterocycles. The summed E-state index contributed by atoms with van der Waals surface area (Å²) < 4.78 is 5.64. The minimum Gasteiger partial charge on any atom is -0.366 e. The summed E-state index contributed by atoms with van der Waals surface area (Å²) in [6.45, 7) is 4.60. The predicted molar refractivity (Wildman–Crippen MR) is 88.3 cm³/mol. The molecule has 6 heteroatoms. The standard InChI is InChI=1S/C16H23N3O2.ClH/c1-18-8-9-19(16(20)15-11-17-7-10-21-15)14(12-18)13-5-3-2-4-6-13;/h2-6,14-15,17H,7-12H2,1H3;1H. The molecule has 1 aromatic rings. The van der Waals surface area contributed by atoms with E-state index in [1.165, 1.54) is 5.56 Å². The summed E-state index contributed by atoms with van der Waals surface area (Å²) in [5.41, 5.74) is 1.20. The average molecular weight is 326 g/mol. The lowest BCUT2D eigenvalue weighted by atomic mass is 10.0. The number of benzene rings is 1. The molecule has 2 aliphatic rings. The monoisotopic (exact) mass is 325 g/mol. The summed E-state index contributed by atoms with van der Waals surface area (Å²) >= 11 is 0. The molecule has 2 saturated heterocycles. The normalized spacial score (nSPS) is 26.3. The van der Waals surface area contributed by atoms with Crippen molar-refractivity contribution in [3.63, 3.8) is 0 Å². The highest BCUT2D eigenvalue weighted by Gasteiger charge is 2.34. The van der Waals surface area contributed by atoms with Crippen LogP contribution in [0.4, 0.5) is 0 Å². The Morgan fingerprint density at radius 3 is 2.73 bits per heavy atom. The maximum atomic E-state index is 12.8. The third-order valence-electron chi connectivity index (χ3n) is 4.25. The van der Waals surface area contributed by atoms with E-state index < -0.39 is 0 Å². The first-order chi connectivity index (χ1) is 10.3. The molecule has 0 bridgehead atoms. The van der Waals surface area contributed by atoms with E-state index in [0.29, 0.717) is 13.2 Å². The fourth-order valence-electron chi connectivity index (χ4n) is 3.05. The fraction of sp³-hybridized carbons (Fsp3) is 0.562. The van der Waals surface area contributed by atoms with Gasteiger partial charge in [-0.15, -0.1) is 12.4 Å². The van der Waals surface area contributed by atoms with Gasteiger partial charge in [-0.25, -0.2) is 0 Å². The van der Waals surface area contributed by atoms with Gasteiger partial charge in [0.1, 0.15) is 6.10 Å². The van der Waals surface area contributed by atoms with Gasteiger partial charge in [0.2, 0.25) is 0 Å². The molecule has 0 spiro atoms. The molecule has 2 heterocycles. The quantitative estimate of drug-likeness (QED) is 0.878. The Kier molecular flexibility index (Phi) is 6.20. The fourth-order valence-corrected chi connectivity index (χ4v) is 3.05. The number of amides is 1. The molecule has 3 rings (SSSR count). The minimum absolute atomic E-state index is 0. The molecule has 22 heavy (non-hydrogen) atoms. The number of piperazine rings is 1. The number of hydrogen-bond donors (Lipinski definition) is 1. The zero-order valence-corrected chi connectivity index (χ0v) is 13.7. The molecule has 0 saturated carbocycles. The number of carbonyl (C=O) groups excluding carboxylic acids is 1. The zero-order chi connectivity index (χ0) is 14.7. The van der Waals surface area contributed by atoms with Crippen molar-refractivity contribution in [2.75, 3.05) is 46.4 Å². The van der Waals surface area contributed by atoms with Gasteiger partial charge in [0.25, 0.3) is 5.91 Å². The molecular weight excluding hydrogens is 302 g/mol. The van der Waals surface area contributed by atoms with Crippen molar-refractivity contribution in [1.29, 1.82) is 0 Å². The van der Waals surface area contributed by atoms with E-state index in [2.05, 4.69) is 29.4 Å². The second kappa shape index (κ2) is 7.92. The third kappa shape index (κ3) is 3.79. The van der Waals surface area contributed by atoms with E-state index in [0.717, 1.165) is 26.2 Å². The number of morpholine rings is 1. The average Bonchev–Trinajstić information content (AvgIpc) is 2.56. The van der Waals surface area contributed by atoms with Gasteiger partial charge in [0.05, 0.1) is 12.6 Å². The van der Waals surface area contributed by atoms with Gasteiger partial charge in [-0.05, 0) is 12.6 Å². The van der Waals surface area contributed by atoms with Crippen LogP contribution in [0.2, 0.25) is 0 Å². The Bertz CT molecular complexity index is 480. The highest BCUT2D eigenvalue weighted by atomic mass is 35.5. The van der Waals surface area contributed by atoms with Crippen LogP contribution in [-0.4, -0.2) is 68.2 Å². The Hall–Kier alpha value is -1.14. The van der Waals surface area contributed by atoms with Crippen LogP contribution in [0.25, 0.3) is 0 Å². The number of carbonyl (C=O) groups is 1. The summed E-state index contributed by atoms with van der Waals surface area (Å²) in [7, 11) is 2.11.